The first-order chi connectivity index (χ1) is 9.47. The summed E-state index contributed by atoms with van der Waals surface area (Å²) in [5, 5.41) is 19.4. The number of hydrogen-bond acceptors (Lipinski definition) is 4. The molecule has 0 aromatic heterocycles. The van der Waals surface area contributed by atoms with E-state index in [0.29, 0.717) is 13.0 Å². The zero-order chi connectivity index (χ0) is 15.1. The highest BCUT2D eigenvalue weighted by Crippen LogP contribution is 2.23. The Kier molecular flexibility index (Phi) is 6.41. The van der Waals surface area contributed by atoms with Gasteiger partial charge in [-0.1, -0.05) is 11.6 Å². The van der Waals surface area contributed by atoms with Crippen LogP contribution < -0.4 is 0 Å². The summed E-state index contributed by atoms with van der Waals surface area (Å²) in [7, 11) is 1.65. The van der Waals surface area contributed by atoms with E-state index in [4.69, 9.17) is 16.7 Å². The summed E-state index contributed by atoms with van der Waals surface area (Å²) in [6.45, 7) is 0.692. The molecule has 0 atom stereocenters. The number of benzene rings is 1. The summed E-state index contributed by atoms with van der Waals surface area (Å²) >= 11 is 5.91. The van der Waals surface area contributed by atoms with Crippen LogP contribution in [-0.2, 0) is 0 Å². The van der Waals surface area contributed by atoms with E-state index in [9.17, 15) is 14.9 Å². The molecule has 0 aliphatic rings. The van der Waals surface area contributed by atoms with Crippen LogP contribution in [0, 0.1) is 10.1 Å². The summed E-state index contributed by atoms with van der Waals surface area (Å²) in [4.78, 5) is 23.7. The van der Waals surface area contributed by atoms with Gasteiger partial charge < -0.3 is 10.0 Å². The lowest BCUT2D eigenvalue weighted by Gasteiger charge is -2.17. The first kappa shape index (κ1) is 16.4. The van der Waals surface area contributed by atoms with E-state index >= 15 is 0 Å². The number of unbranched alkanes of at least 4 members (excludes halogenated alkanes) is 2. The van der Waals surface area contributed by atoms with Gasteiger partial charge in [0.25, 0.3) is 11.6 Å². The number of aliphatic hydroxyl groups excluding tert-OH is 1. The maximum atomic E-state index is 12.1. The summed E-state index contributed by atoms with van der Waals surface area (Å²) in [5.74, 6) is -0.270. The molecule has 6 nitrogen and oxygen atoms in total. The van der Waals surface area contributed by atoms with Crippen molar-refractivity contribution in [3.63, 3.8) is 0 Å². The number of nitro groups is 1. The summed E-state index contributed by atoms with van der Waals surface area (Å²) in [5.41, 5.74) is 0.110. The number of hydrogen-bond donors (Lipinski definition) is 1. The summed E-state index contributed by atoms with van der Waals surface area (Å²) in [6.07, 6.45) is 2.33. The van der Waals surface area contributed by atoms with Crippen LogP contribution in [0.4, 0.5) is 5.69 Å². The number of rotatable bonds is 7. The van der Waals surface area contributed by atoms with Crippen molar-refractivity contribution in [2.24, 2.45) is 0 Å². The highest BCUT2D eigenvalue weighted by Gasteiger charge is 2.17. The van der Waals surface area contributed by atoms with Crippen LogP contribution in [-0.4, -0.2) is 41.0 Å². The Morgan fingerprint density at radius 2 is 2.10 bits per heavy atom. The van der Waals surface area contributed by atoms with E-state index in [-0.39, 0.29) is 28.8 Å². The van der Waals surface area contributed by atoms with Crippen molar-refractivity contribution in [1.82, 2.24) is 4.90 Å². The molecule has 0 fully saturated rings. The second-order valence-corrected chi connectivity index (χ2v) is 4.84. The number of carbonyl (C=O) groups excluding carboxylic acids is 1. The number of aliphatic hydroxyl groups is 1. The highest BCUT2D eigenvalue weighted by atomic mass is 35.5. The fourth-order valence-corrected chi connectivity index (χ4v) is 1.99. The molecule has 1 amide bonds. The van der Waals surface area contributed by atoms with Gasteiger partial charge in [0.05, 0.1) is 15.5 Å². The Morgan fingerprint density at radius 3 is 2.65 bits per heavy atom. The molecule has 0 aliphatic heterocycles. The fourth-order valence-electron chi connectivity index (χ4n) is 1.74. The number of nitro benzene ring substituents is 1. The van der Waals surface area contributed by atoms with E-state index in [0.717, 1.165) is 12.8 Å². The molecule has 0 heterocycles. The second kappa shape index (κ2) is 7.81. The van der Waals surface area contributed by atoms with Gasteiger partial charge in [-0.05, 0) is 25.3 Å². The molecule has 0 saturated heterocycles. The molecule has 1 N–H and O–H groups in total. The third-order valence-electron chi connectivity index (χ3n) is 2.89. The molecule has 20 heavy (non-hydrogen) atoms. The second-order valence-electron chi connectivity index (χ2n) is 4.43. The zero-order valence-corrected chi connectivity index (χ0v) is 12.0. The lowest BCUT2D eigenvalue weighted by molar-refractivity contribution is -0.384. The van der Waals surface area contributed by atoms with Crippen LogP contribution in [0.1, 0.15) is 29.6 Å². The molecule has 0 radical (unpaired) electrons. The molecule has 0 bridgehead atoms. The van der Waals surface area contributed by atoms with Crippen LogP contribution in [0.25, 0.3) is 0 Å². The molecule has 110 valence electrons. The van der Waals surface area contributed by atoms with Crippen LogP contribution in [0.15, 0.2) is 18.2 Å². The Balaban J connectivity index is 2.69. The Morgan fingerprint density at radius 1 is 1.40 bits per heavy atom. The van der Waals surface area contributed by atoms with Crippen LogP contribution in [0.2, 0.25) is 5.02 Å². The van der Waals surface area contributed by atoms with Gasteiger partial charge in [0.15, 0.2) is 0 Å². The van der Waals surface area contributed by atoms with Crippen molar-refractivity contribution in [3.8, 4) is 0 Å². The van der Waals surface area contributed by atoms with E-state index < -0.39 is 4.92 Å². The maximum absolute atomic E-state index is 12.1. The lowest BCUT2D eigenvalue weighted by Crippen LogP contribution is -2.28. The van der Waals surface area contributed by atoms with Gasteiger partial charge in [0.2, 0.25) is 0 Å². The van der Waals surface area contributed by atoms with E-state index in [2.05, 4.69) is 0 Å². The van der Waals surface area contributed by atoms with E-state index in [1.54, 1.807) is 7.05 Å². The molecular weight excluding hydrogens is 284 g/mol. The standard InChI is InChI=1S/C13H17ClN2O4/c1-15(7-3-2-4-8-17)13(18)11-6-5-10(16(19)20)9-12(11)14/h5-6,9,17H,2-4,7-8H2,1H3. The third kappa shape index (κ3) is 4.47. The minimum absolute atomic E-state index is 0.0754. The van der Waals surface area contributed by atoms with Crippen molar-refractivity contribution in [1.29, 1.82) is 0 Å². The van der Waals surface area contributed by atoms with Crippen molar-refractivity contribution < 1.29 is 14.8 Å². The number of non-ortho nitro benzene ring substituents is 1. The average molecular weight is 301 g/mol. The molecule has 7 heteroatoms. The van der Waals surface area contributed by atoms with Gasteiger partial charge >= 0.3 is 0 Å². The van der Waals surface area contributed by atoms with Gasteiger partial charge in [0, 0.05) is 32.3 Å². The molecular formula is C13H17ClN2O4. The minimum Gasteiger partial charge on any atom is -0.396 e. The van der Waals surface area contributed by atoms with Crippen molar-refractivity contribution in [3.05, 3.63) is 38.9 Å². The van der Waals surface area contributed by atoms with Crippen LogP contribution >= 0.6 is 11.6 Å². The van der Waals surface area contributed by atoms with E-state index in [1.807, 2.05) is 0 Å². The monoisotopic (exact) mass is 300 g/mol. The molecule has 1 rings (SSSR count). The maximum Gasteiger partial charge on any atom is 0.270 e. The van der Waals surface area contributed by atoms with Crippen LogP contribution in [0.5, 0.6) is 0 Å². The molecule has 0 spiro atoms. The van der Waals surface area contributed by atoms with Crippen molar-refractivity contribution in [2.45, 2.75) is 19.3 Å². The molecule has 1 aromatic rings. The lowest BCUT2D eigenvalue weighted by atomic mass is 10.1. The highest BCUT2D eigenvalue weighted by molar-refractivity contribution is 6.34. The van der Waals surface area contributed by atoms with Crippen LogP contribution in [0.3, 0.4) is 0 Å². The number of nitrogens with zero attached hydrogens (tertiary/aromatic N) is 2. The fraction of sp³-hybridized carbons (Fsp3) is 0.462. The van der Waals surface area contributed by atoms with E-state index in [1.165, 1.54) is 23.1 Å². The van der Waals surface area contributed by atoms with Gasteiger partial charge in [-0.2, -0.15) is 0 Å². The quantitative estimate of drug-likeness (QED) is 0.476. The number of halogens is 1. The smallest absolute Gasteiger partial charge is 0.270 e. The normalized spacial score (nSPS) is 10.3. The molecule has 0 saturated carbocycles. The third-order valence-corrected chi connectivity index (χ3v) is 3.20. The van der Waals surface area contributed by atoms with Gasteiger partial charge in [-0.25, -0.2) is 0 Å². The minimum atomic E-state index is -0.557. The Labute approximate surface area is 122 Å². The number of amides is 1. The van der Waals surface area contributed by atoms with Gasteiger partial charge in [-0.15, -0.1) is 0 Å². The summed E-state index contributed by atoms with van der Waals surface area (Å²) < 4.78 is 0. The Hall–Kier alpha value is -1.66. The first-order valence-corrected chi connectivity index (χ1v) is 6.65. The van der Waals surface area contributed by atoms with Gasteiger partial charge in [-0.3, -0.25) is 14.9 Å². The average Bonchev–Trinajstić information content (AvgIpc) is 2.42. The molecule has 0 aliphatic carbocycles. The van der Waals surface area contributed by atoms with Crippen molar-refractivity contribution in [2.75, 3.05) is 20.2 Å². The zero-order valence-electron chi connectivity index (χ0n) is 11.2. The summed E-state index contributed by atoms with van der Waals surface area (Å²) in [6, 6.07) is 3.81. The molecule has 1 aromatic carbocycles. The predicted octanol–water partition coefficient (Wildman–Crippen LogP) is 2.48. The van der Waals surface area contributed by atoms with Gasteiger partial charge in [0.1, 0.15) is 0 Å². The predicted molar refractivity (Wildman–Crippen MR) is 76.0 cm³/mol. The Bertz CT molecular complexity index is 493. The molecule has 0 unspecified atom stereocenters. The largest absolute Gasteiger partial charge is 0.396 e. The topological polar surface area (TPSA) is 83.7 Å². The number of carbonyl (C=O) groups is 1. The SMILES string of the molecule is CN(CCCCCO)C(=O)c1ccc([N+](=O)[O-])cc1Cl. The van der Waals surface area contributed by atoms with Crippen molar-refractivity contribution >= 4 is 23.2 Å². The first-order valence-electron chi connectivity index (χ1n) is 6.27.